The standard InChI is InChI=1S/C15H20O/c1-11-9-15(16,10-11)14-8-3-2-7-13(14)12-5-4-6-12/h2-3,7-8,11-12,16H,4-6,9-10H2,1H3. The highest BCUT2D eigenvalue weighted by molar-refractivity contribution is 5.37. The first kappa shape index (κ1) is 10.3. The van der Waals surface area contributed by atoms with E-state index in [0.29, 0.717) is 5.92 Å². The monoisotopic (exact) mass is 216 g/mol. The number of hydrogen-bond donors (Lipinski definition) is 1. The number of rotatable bonds is 2. The van der Waals surface area contributed by atoms with E-state index in [2.05, 4.69) is 31.2 Å². The summed E-state index contributed by atoms with van der Waals surface area (Å²) in [5.41, 5.74) is 2.13. The molecular weight excluding hydrogens is 196 g/mol. The number of hydrogen-bond acceptors (Lipinski definition) is 1. The molecule has 1 heteroatoms. The SMILES string of the molecule is CC1CC(O)(c2ccccc2C2CCC2)C1. The van der Waals surface area contributed by atoms with Crippen molar-refractivity contribution in [2.24, 2.45) is 5.92 Å². The lowest BCUT2D eigenvalue weighted by molar-refractivity contribution is -0.0749. The van der Waals surface area contributed by atoms with Crippen LogP contribution in [-0.2, 0) is 5.60 Å². The highest BCUT2D eigenvalue weighted by Crippen LogP contribution is 2.49. The van der Waals surface area contributed by atoms with Crippen LogP contribution in [0.2, 0.25) is 0 Å². The predicted octanol–water partition coefficient (Wildman–Crippen LogP) is 3.57. The summed E-state index contributed by atoms with van der Waals surface area (Å²) in [6.07, 6.45) is 5.85. The van der Waals surface area contributed by atoms with Crippen LogP contribution in [0.5, 0.6) is 0 Å². The van der Waals surface area contributed by atoms with Gasteiger partial charge in [0.2, 0.25) is 0 Å². The van der Waals surface area contributed by atoms with Gasteiger partial charge in [0, 0.05) is 0 Å². The van der Waals surface area contributed by atoms with E-state index in [4.69, 9.17) is 0 Å². The van der Waals surface area contributed by atoms with Crippen LogP contribution in [0, 0.1) is 5.92 Å². The minimum Gasteiger partial charge on any atom is -0.385 e. The first-order valence-electron chi connectivity index (χ1n) is 6.51. The first-order chi connectivity index (χ1) is 7.69. The predicted molar refractivity (Wildman–Crippen MR) is 65.3 cm³/mol. The third-order valence-electron chi connectivity index (χ3n) is 4.38. The lowest BCUT2D eigenvalue weighted by Gasteiger charge is -2.45. The van der Waals surface area contributed by atoms with Crippen LogP contribution >= 0.6 is 0 Å². The topological polar surface area (TPSA) is 20.2 Å². The summed E-state index contributed by atoms with van der Waals surface area (Å²) < 4.78 is 0. The molecular formula is C15H20O. The molecule has 0 aromatic heterocycles. The molecule has 0 bridgehead atoms. The zero-order chi connectivity index (χ0) is 11.2. The Balaban J connectivity index is 1.93. The third-order valence-corrected chi connectivity index (χ3v) is 4.38. The van der Waals surface area contributed by atoms with Gasteiger partial charge in [-0.2, -0.15) is 0 Å². The molecule has 3 rings (SSSR count). The molecule has 0 radical (unpaired) electrons. The molecule has 0 amide bonds. The lowest BCUT2D eigenvalue weighted by atomic mass is 9.65. The van der Waals surface area contributed by atoms with Crippen molar-refractivity contribution in [3.63, 3.8) is 0 Å². The van der Waals surface area contributed by atoms with E-state index in [1.807, 2.05) is 0 Å². The molecule has 16 heavy (non-hydrogen) atoms. The maximum Gasteiger partial charge on any atom is 0.0904 e. The van der Waals surface area contributed by atoms with Crippen molar-refractivity contribution in [2.75, 3.05) is 0 Å². The smallest absolute Gasteiger partial charge is 0.0904 e. The summed E-state index contributed by atoms with van der Waals surface area (Å²) in [6, 6.07) is 8.54. The molecule has 2 aliphatic rings. The Morgan fingerprint density at radius 2 is 1.88 bits per heavy atom. The fraction of sp³-hybridized carbons (Fsp3) is 0.600. The quantitative estimate of drug-likeness (QED) is 0.801. The molecule has 0 heterocycles. The van der Waals surface area contributed by atoms with E-state index in [0.717, 1.165) is 18.8 Å². The van der Waals surface area contributed by atoms with E-state index >= 15 is 0 Å². The molecule has 1 N–H and O–H groups in total. The van der Waals surface area contributed by atoms with E-state index in [9.17, 15) is 5.11 Å². The van der Waals surface area contributed by atoms with Gasteiger partial charge >= 0.3 is 0 Å². The second-order valence-electron chi connectivity index (χ2n) is 5.76. The van der Waals surface area contributed by atoms with Gasteiger partial charge < -0.3 is 5.11 Å². The molecule has 1 nitrogen and oxygen atoms in total. The zero-order valence-corrected chi connectivity index (χ0v) is 9.95. The second-order valence-corrected chi connectivity index (χ2v) is 5.76. The maximum atomic E-state index is 10.6. The Hall–Kier alpha value is -0.820. The molecule has 2 fully saturated rings. The van der Waals surface area contributed by atoms with Gasteiger partial charge in [0.1, 0.15) is 0 Å². The van der Waals surface area contributed by atoms with Crippen molar-refractivity contribution >= 4 is 0 Å². The van der Waals surface area contributed by atoms with Gasteiger partial charge in [-0.1, -0.05) is 37.6 Å². The number of aliphatic hydroxyl groups is 1. The van der Waals surface area contributed by atoms with Crippen LogP contribution < -0.4 is 0 Å². The van der Waals surface area contributed by atoms with Gasteiger partial charge in [0.15, 0.2) is 0 Å². The summed E-state index contributed by atoms with van der Waals surface area (Å²) in [5, 5.41) is 10.6. The molecule has 1 aromatic rings. The van der Waals surface area contributed by atoms with Crippen molar-refractivity contribution in [3.8, 4) is 0 Å². The van der Waals surface area contributed by atoms with E-state index in [1.165, 1.54) is 30.4 Å². The van der Waals surface area contributed by atoms with Crippen LogP contribution in [0.3, 0.4) is 0 Å². The van der Waals surface area contributed by atoms with Gasteiger partial charge in [0.05, 0.1) is 5.60 Å². The van der Waals surface area contributed by atoms with E-state index in [1.54, 1.807) is 0 Å². The van der Waals surface area contributed by atoms with Crippen molar-refractivity contribution in [1.82, 2.24) is 0 Å². The molecule has 0 saturated heterocycles. The average Bonchev–Trinajstić information content (AvgIpc) is 2.13. The summed E-state index contributed by atoms with van der Waals surface area (Å²) in [6.45, 7) is 2.22. The van der Waals surface area contributed by atoms with E-state index < -0.39 is 5.60 Å². The Labute approximate surface area is 97.5 Å². The van der Waals surface area contributed by atoms with Crippen LogP contribution in [-0.4, -0.2) is 5.11 Å². The highest BCUT2D eigenvalue weighted by atomic mass is 16.3. The van der Waals surface area contributed by atoms with Crippen molar-refractivity contribution in [2.45, 2.75) is 50.5 Å². The Morgan fingerprint density at radius 3 is 2.44 bits per heavy atom. The molecule has 0 atom stereocenters. The highest BCUT2D eigenvalue weighted by Gasteiger charge is 2.43. The molecule has 0 aliphatic heterocycles. The fourth-order valence-corrected chi connectivity index (χ4v) is 3.31. The van der Waals surface area contributed by atoms with E-state index in [-0.39, 0.29) is 0 Å². The minimum absolute atomic E-state index is 0.508. The summed E-state index contributed by atoms with van der Waals surface area (Å²) in [7, 11) is 0. The van der Waals surface area contributed by atoms with Gasteiger partial charge in [-0.25, -0.2) is 0 Å². The Bertz CT molecular complexity index is 386. The summed E-state index contributed by atoms with van der Waals surface area (Å²) in [5.74, 6) is 1.40. The average molecular weight is 216 g/mol. The van der Waals surface area contributed by atoms with Crippen molar-refractivity contribution in [3.05, 3.63) is 35.4 Å². The second kappa shape index (κ2) is 3.59. The van der Waals surface area contributed by atoms with Crippen LogP contribution in [0.25, 0.3) is 0 Å². The first-order valence-corrected chi connectivity index (χ1v) is 6.51. The van der Waals surface area contributed by atoms with Gasteiger partial charge in [-0.05, 0) is 48.6 Å². The van der Waals surface area contributed by atoms with Gasteiger partial charge in [-0.15, -0.1) is 0 Å². The molecule has 0 spiro atoms. The lowest BCUT2D eigenvalue weighted by Crippen LogP contribution is -2.41. The van der Waals surface area contributed by atoms with Gasteiger partial charge in [-0.3, -0.25) is 0 Å². The van der Waals surface area contributed by atoms with Crippen LogP contribution in [0.4, 0.5) is 0 Å². The summed E-state index contributed by atoms with van der Waals surface area (Å²) in [4.78, 5) is 0. The molecule has 2 saturated carbocycles. The fourth-order valence-electron chi connectivity index (χ4n) is 3.31. The number of benzene rings is 1. The summed E-state index contributed by atoms with van der Waals surface area (Å²) >= 11 is 0. The normalized spacial score (nSPS) is 34.2. The minimum atomic E-state index is -0.508. The van der Waals surface area contributed by atoms with Crippen LogP contribution in [0.15, 0.2) is 24.3 Å². The van der Waals surface area contributed by atoms with Crippen molar-refractivity contribution in [1.29, 1.82) is 0 Å². The zero-order valence-electron chi connectivity index (χ0n) is 9.95. The molecule has 0 unspecified atom stereocenters. The maximum absolute atomic E-state index is 10.6. The third kappa shape index (κ3) is 1.49. The molecule has 86 valence electrons. The van der Waals surface area contributed by atoms with Gasteiger partial charge in [0.25, 0.3) is 0 Å². The van der Waals surface area contributed by atoms with Crippen LogP contribution in [0.1, 0.15) is 56.1 Å². The largest absolute Gasteiger partial charge is 0.385 e. The molecule has 2 aliphatic carbocycles. The molecule has 1 aromatic carbocycles. The Morgan fingerprint density at radius 1 is 1.19 bits per heavy atom. The Kier molecular flexibility index (Phi) is 2.32. The van der Waals surface area contributed by atoms with Crippen molar-refractivity contribution < 1.29 is 5.11 Å².